The third kappa shape index (κ3) is 9.51. The van der Waals surface area contributed by atoms with Gasteiger partial charge in [0.1, 0.15) is 17.8 Å². The second kappa shape index (κ2) is 12.3. The van der Waals surface area contributed by atoms with Crippen molar-refractivity contribution >= 4 is 23.9 Å². The fourth-order valence-electron chi connectivity index (χ4n) is 2.42. The minimum atomic E-state index is -1.44. The zero-order valence-electron chi connectivity index (χ0n) is 15.9. The number of nitrogens with zero attached hydrogens (tertiary/aromatic N) is 3. The van der Waals surface area contributed by atoms with Gasteiger partial charge in [-0.3, -0.25) is 9.48 Å². The number of hydrogen-bond acceptors (Lipinski definition) is 7. The molecule has 0 aromatic carbocycles. The molecule has 0 spiro atoms. The van der Waals surface area contributed by atoms with Crippen LogP contribution in [0.25, 0.3) is 0 Å². The van der Waals surface area contributed by atoms with Gasteiger partial charge in [-0.2, -0.15) is 0 Å². The van der Waals surface area contributed by atoms with Gasteiger partial charge in [0.2, 0.25) is 0 Å². The summed E-state index contributed by atoms with van der Waals surface area (Å²) in [6.45, 7) is 0.843. The van der Waals surface area contributed by atoms with Crippen LogP contribution in [0.2, 0.25) is 0 Å². The first-order valence-corrected chi connectivity index (χ1v) is 8.85. The minimum Gasteiger partial charge on any atom is -0.481 e. The van der Waals surface area contributed by atoms with Crippen molar-refractivity contribution in [2.75, 3.05) is 7.11 Å². The molecule has 0 radical (unpaired) electrons. The summed E-state index contributed by atoms with van der Waals surface area (Å²) in [5.74, 6) is -3.88. The van der Waals surface area contributed by atoms with Gasteiger partial charge in [0.15, 0.2) is 0 Å². The van der Waals surface area contributed by atoms with Gasteiger partial charge in [-0.15, -0.1) is 5.10 Å². The van der Waals surface area contributed by atoms with E-state index in [9.17, 15) is 24.3 Å². The maximum Gasteiger partial charge on any atom is 0.326 e. The molecular weight excluding hydrogens is 390 g/mol. The average Bonchev–Trinajstić information content (AvgIpc) is 3.08. The van der Waals surface area contributed by atoms with Crippen LogP contribution in [0.5, 0.6) is 0 Å². The average molecular weight is 415 g/mol. The molecule has 29 heavy (non-hydrogen) atoms. The Morgan fingerprint density at radius 1 is 1.07 bits per heavy atom. The summed E-state index contributed by atoms with van der Waals surface area (Å²) in [7, 11) is 1.54. The van der Waals surface area contributed by atoms with Crippen molar-refractivity contribution in [3.05, 3.63) is 11.9 Å². The summed E-state index contributed by atoms with van der Waals surface area (Å²) in [6, 6.07) is -3.64. The van der Waals surface area contributed by atoms with E-state index in [2.05, 4.69) is 20.9 Å². The molecule has 0 aliphatic carbocycles. The van der Waals surface area contributed by atoms with Crippen LogP contribution in [-0.2, 0) is 32.3 Å². The van der Waals surface area contributed by atoms with Crippen molar-refractivity contribution in [2.24, 2.45) is 0 Å². The summed E-state index contributed by atoms with van der Waals surface area (Å²) >= 11 is 0. The zero-order valence-corrected chi connectivity index (χ0v) is 15.9. The van der Waals surface area contributed by atoms with E-state index in [1.807, 2.05) is 0 Å². The highest BCUT2D eigenvalue weighted by atomic mass is 16.5. The van der Waals surface area contributed by atoms with Gasteiger partial charge in [-0.1, -0.05) is 5.21 Å². The number of nitrogens with one attached hydrogen (secondary N) is 2. The van der Waals surface area contributed by atoms with Crippen molar-refractivity contribution < 1.29 is 39.2 Å². The number of ether oxygens (including phenoxy) is 1. The SMILES string of the molecule is COCc1cn(CCCC[C@H](NC(=O)N[C@@H](CCC(=O)O)C(=O)O)C(=O)O)nn1. The highest BCUT2D eigenvalue weighted by Gasteiger charge is 2.24. The minimum absolute atomic E-state index is 0.120. The molecule has 1 aromatic heterocycles. The Morgan fingerprint density at radius 3 is 2.24 bits per heavy atom. The van der Waals surface area contributed by atoms with Crippen molar-refractivity contribution in [1.82, 2.24) is 25.6 Å². The molecule has 13 nitrogen and oxygen atoms in total. The second-order valence-electron chi connectivity index (χ2n) is 6.23. The number of methoxy groups -OCH3 is 1. The number of aryl methyl sites for hydroxylation is 1. The Kier molecular flexibility index (Phi) is 10.1. The summed E-state index contributed by atoms with van der Waals surface area (Å²) in [5.41, 5.74) is 0.671. The summed E-state index contributed by atoms with van der Waals surface area (Å²) in [6.07, 6.45) is 2.10. The van der Waals surface area contributed by atoms with Gasteiger partial charge in [0, 0.05) is 20.1 Å². The topological polar surface area (TPSA) is 193 Å². The monoisotopic (exact) mass is 415 g/mol. The molecule has 0 aliphatic heterocycles. The Labute approximate surface area is 166 Å². The number of aromatic nitrogens is 3. The smallest absolute Gasteiger partial charge is 0.326 e. The number of urea groups is 1. The highest BCUT2D eigenvalue weighted by Crippen LogP contribution is 2.05. The van der Waals surface area contributed by atoms with E-state index in [1.165, 1.54) is 0 Å². The predicted molar refractivity (Wildman–Crippen MR) is 96.0 cm³/mol. The van der Waals surface area contributed by atoms with Gasteiger partial charge in [0.25, 0.3) is 0 Å². The number of carboxylic acid groups (broad SMARTS) is 3. The molecule has 162 valence electrons. The molecule has 2 atom stereocenters. The maximum absolute atomic E-state index is 11.9. The van der Waals surface area contributed by atoms with Crippen LogP contribution < -0.4 is 10.6 Å². The van der Waals surface area contributed by atoms with E-state index in [-0.39, 0.29) is 12.8 Å². The van der Waals surface area contributed by atoms with Crippen LogP contribution in [-0.4, -0.2) is 73.4 Å². The summed E-state index contributed by atoms with van der Waals surface area (Å²) in [5, 5.41) is 39.0. The molecule has 0 unspecified atom stereocenters. The highest BCUT2D eigenvalue weighted by molar-refractivity contribution is 5.86. The molecule has 0 saturated carbocycles. The number of carbonyl (C=O) groups excluding carboxylic acids is 1. The lowest BCUT2D eigenvalue weighted by atomic mass is 10.1. The number of carbonyl (C=O) groups is 4. The Bertz CT molecular complexity index is 707. The van der Waals surface area contributed by atoms with Crippen molar-refractivity contribution in [2.45, 2.75) is 57.3 Å². The van der Waals surface area contributed by atoms with Crippen LogP contribution in [0.15, 0.2) is 6.20 Å². The first-order valence-electron chi connectivity index (χ1n) is 8.85. The molecule has 0 bridgehead atoms. The van der Waals surface area contributed by atoms with Crippen LogP contribution >= 0.6 is 0 Å². The fourth-order valence-corrected chi connectivity index (χ4v) is 2.42. The second-order valence-corrected chi connectivity index (χ2v) is 6.23. The molecule has 13 heteroatoms. The quantitative estimate of drug-likeness (QED) is 0.251. The predicted octanol–water partition coefficient (Wildman–Crippen LogP) is -0.335. The van der Waals surface area contributed by atoms with Crippen LogP contribution in [0, 0.1) is 0 Å². The van der Waals surface area contributed by atoms with E-state index < -0.39 is 42.4 Å². The molecule has 0 saturated heterocycles. The normalized spacial score (nSPS) is 12.7. The fraction of sp³-hybridized carbons (Fsp3) is 0.625. The molecule has 2 amide bonds. The number of aliphatic carboxylic acids is 3. The third-order valence-corrected chi connectivity index (χ3v) is 3.86. The van der Waals surface area contributed by atoms with E-state index in [4.69, 9.17) is 14.9 Å². The Balaban J connectivity index is 2.44. The molecule has 0 aliphatic rings. The van der Waals surface area contributed by atoms with Crippen LogP contribution in [0.4, 0.5) is 4.79 Å². The largest absolute Gasteiger partial charge is 0.481 e. The third-order valence-electron chi connectivity index (χ3n) is 3.86. The number of amides is 2. The van der Waals surface area contributed by atoms with Crippen LogP contribution in [0.1, 0.15) is 37.8 Å². The van der Waals surface area contributed by atoms with Gasteiger partial charge < -0.3 is 30.7 Å². The number of unbranched alkanes of at least 4 members (excludes halogenated alkanes) is 1. The van der Waals surface area contributed by atoms with E-state index in [1.54, 1.807) is 18.0 Å². The molecule has 5 N–H and O–H groups in total. The van der Waals surface area contributed by atoms with E-state index in [0.29, 0.717) is 31.7 Å². The maximum atomic E-state index is 11.9. The van der Waals surface area contributed by atoms with Crippen LogP contribution in [0.3, 0.4) is 0 Å². The number of rotatable bonds is 14. The zero-order chi connectivity index (χ0) is 21.8. The van der Waals surface area contributed by atoms with E-state index in [0.717, 1.165) is 0 Å². The standard InChI is InChI=1S/C16H25N5O8/c1-29-9-10-8-21(20-19-10)7-3-2-4-11(14(24)25)17-16(28)18-12(15(26)27)5-6-13(22)23/h8,11-12H,2-7,9H2,1H3,(H,22,23)(H,24,25)(H,26,27)(H2,17,18,28)/t11-,12-/m0/s1. The first-order chi connectivity index (χ1) is 13.7. The van der Waals surface area contributed by atoms with Gasteiger partial charge in [-0.05, 0) is 25.7 Å². The van der Waals surface area contributed by atoms with E-state index >= 15 is 0 Å². The molecule has 0 fully saturated rings. The van der Waals surface area contributed by atoms with Crippen molar-refractivity contribution in [3.8, 4) is 0 Å². The van der Waals surface area contributed by atoms with Crippen molar-refractivity contribution in [3.63, 3.8) is 0 Å². The van der Waals surface area contributed by atoms with Gasteiger partial charge in [0.05, 0.1) is 12.8 Å². The molecule has 1 rings (SSSR count). The molecule has 1 heterocycles. The molecule has 1 aromatic rings. The van der Waals surface area contributed by atoms with Gasteiger partial charge in [-0.25, -0.2) is 14.4 Å². The molecular formula is C16H25N5O8. The Hall–Kier alpha value is -3.22. The summed E-state index contributed by atoms with van der Waals surface area (Å²) < 4.78 is 6.54. The lowest BCUT2D eigenvalue weighted by molar-refractivity contribution is -0.140. The number of hydrogen-bond donors (Lipinski definition) is 5. The van der Waals surface area contributed by atoms with Crippen molar-refractivity contribution in [1.29, 1.82) is 0 Å². The lowest BCUT2D eigenvalue weighted by Gasteiger charge is -2.18. The Morgan fingerprint density at radius 2 is 1.69 bits per heavy atom. The lowest BCUT2D eigenvalue weighted by Crippen LogP contribution is -2.51. The number of carboxylic acids is 3. The van der Waals surface area contributed by atoms with Gasteiger partial charge >= 0.3 is 23.9 Å². The first kappa shape index (κ1) is 23.8. The summed E-state index contributed by atoms with van der Waals surface area (Å²) in [4.78, 5) is 44.9.